The fourth-order valence-electron chi connectivity index (χ4n) is 3.04. The maximum absolute atomic E-state index is 4.26. The quantitative estimate of drug-likeness (QED) is 0.796. The minimum absolute atomic E-state index is 0.458. The SMILES string of the molecule is c1cnc(Nc2ccc(N3CCC(n4cncn4)CC3)cc2)nc1. The molecule has 1 N–H and O–H groups in total. The van der Waals surface area contributed by atoms with Crippen LogP contribution >= 0.6 is 0 Å². The Morgan fingerprint density at radius 2 is 1.75 bits per heavy atom. The molecule has 3 aromatic rings. The predicted octanol–water partition coefficient (Wildman–Crippen LogP) is 2.65. The average Bonchev–Trinajstić information content (AvgIpc) is 3.18. The van der Waals surface area contributed by atoms with E-state index in [4.69, 9.17) is 0 Å². The van der Waals surface area contributed by atoms with Crippen LogP contribution in [-0.2, 0) is 0 Å². The van der Waals surface area contributed by atoms with Crippen LogP contribution in [0.3, 0.4) is 0 Å². The fourth-order valence-corrected chi connectivity index (χ4v) is 3.04. The Morgan fingerprint density at radius 1 is 1.00 bits per heavy atom. The molecule has 0 amide bonds. The largest absolute Gasteiger partial charge is 0.371 e. The highest BCUT2D eigenvalue weighted by Crippen LogP contribution is 2.27. The second kappa shape index (κ2) is 6.66. The zero-order valence-corrected chi connectivity index (χ0v) is 13.3. The van der Waals surface area contributed by atoms with Gasteiger partial charge in [0.1, 0.15) is 12.7 Å². The summed E-state index contributed by atoms with van der Waals surface area (Å²) in [5.41, 5.74) is 2.23. The van der Waals surface area contributed by atoms with Gasteiger partial charge in [-0.2, -0.15) is 5.10 Å². The van der Waals surface area contributed by atoms with Crippen LogP contribution in [-0.4, -0.2) is 37.8 Å². The summed E-state index contributed by atoms with van der Waals surface area (Å²) in [6, 6.07) is 10.7. The molecule has 7 heteroatoms. The maximum atomic E-state index is 4.26. The molecule has 7 nitrogen and oxygen atoms in total. The van der Waals surface area contributed by atoms with Crippen molar-refractivity contribution in [3.63, 3.8) is 0 Å². The van der Waals surface area contributed by atoms with Gasteiger partial charge in [0.2, 0.25) is 5.95 Å². The van der Waals surface area contributed by atoms with Crippen molar-refractivity contribution >= 4 is 17.3 Å². The van der Waals surface area contributed by atoms with Gasteiger partial charge < -0.3 is 10.2 Å². The fraction of sp³-hybridized carbons (Fsp3) is 0.294. The van der Waals surface area contributed by atoms with Gasteiger partial charge in [-0.3, -0.25) is 0 Å². The van der Waals surface area contributed by atoms with E-state index in [-0.39, 0.29) is 0 Å². The van der Waals surface area contributed by atoms with Crippen molar-refractivity contribution in [1.29, 1.82) is 0 Å². The van der Waals surface area contributed by atoms with E-state index in [0.717, 1.165) is 31.6 Å². The summed E-state index contributed by atoms with van der Waals surface area (Å²) >= 11 is 0. The average molecular weight is 321 g/mol. The van der Waals surface area contributed by atoms with E-state index < -0.39 is 0 Å². The molecule has 1 aromatic carbocycles. The molecule has 1 aliphatic rings. The number of piperidine rings is 1. The Morgan fingerprint density at radius 3 is 2.42 bits per heavy atom. The molecule has 0 unspecified atom stereocenters. The lowest BCUT2D eigenvalue weighted by Gasteiger charge is -2.33. The van der Waals surface area contributed by atoms with Gasteiger partial charge in [0.15, 0.2) is 0 Å². The Balaban J connectivity index is 1.37. The predicted molar refractivity (Wildman–Crippen MR) is 92.3 cm³/mol. The Bertz CT molecular complexity index is 747. The zero-order chi connectivity index (χ0) is 16.2. The van der Waals surface area contributed by atoms with Crippen LogP contribution in [0, 0.1) is 0 Å². The number of aromatic nitrogens is 5. The zero-order valence-electron chi connectivity index (χ0n) is 13.3. The third-order valence-corrected chi connectivity index (χ3v) is 4.33. The lowest BCUT2D eigenvalue weighted by molar-refractivity contribution is 0.366. The second-order valence-corrected chi connectivity index (χ2v) is 5.84. The van der Waals surface area contributed by atoms with E-state index in [9.17, 15) is 0 Å². The molecule has 0 saturated carbocycles. The number of hydrogen-bond acceptors (Lipinski definition) is 6. The van der Waals surface area contributed by atoms with Crippen molar-refractivity contribution in [2.24, 2.45) is 0 Å². The molecule has 1 fully saturated rings. The first-order chi connectivity index (χ1) is 11.9. The topological polar surface area (TPSA) is 71.8 Å². The van der Waals surface area contributed by atoms with Crippen LogP contribution in [0.4, 0.5) is 17.3 Å². The van der Waals surface area contributed by atoms with Crippen LogP contribution in [0.5, 0.6) is 0 Å². The maximum Gasteiger partial charge on any atom is 0.227 e. The minimum atomic E-state index is 0.458. The summed E-state index contributed by atoms with van der Waals surface area (Å²) in [4.78, 5) is 14.8. The van der Waals surface area contributed by atoms with E-state index in [2.05, 4.69) is 54.5 Å². The van der Waals surface area contributed by atoms with Crippen molar-refractivity contribution < 1.29 is 0 Å². The number of nitrogens with zero attached hydrogens (tertiary/aromatic N) is 6. The van der Waals surface area contributed by atoms with Crippen LogP contribution in [0.1, 0.15) is 18.9 Å². The first-order valence-corrected chi connectivity index (χ1v) is 8.12. The number of rotatable bonds is 4. The van der Waals surface area contributed by atoms with Crippen molar-refractivity contribution in [3.8, 4) is 0 Å². The highest BCUT2D eigenvalue weighted by molar-refractivity contribution is 5.59. The van der Waals surface area contributed by atoms with Gasteiger partial charge in [0, 0.05) is 36.9 Å². The summed E-state index contributed by atoms with van der Waals surface area (Å²) in [6.07, 6.45) is 9.04. The summed E-state index contributed by atoms with van der Waals surface area (Å²) in [6.45, 7) is 2.05. The van der Waals surface area contributed by atoms with E-state index in [0.29, 0.717) is 12.0 Å². The molecule has 0 aliphatic carbocycles. The summed E-state index contributed by atoms with van der Waals surface area (Å²) in [5.74, 6) is 0.610. The molecular formula is C17H19N7. The monoisotopic (exact) mass is 321 g/mol. The lowest BCUT2D eigenvalue weighted by atomic mass is 10.0. The molecule has 24 heavy (non-hydrogen) atoms. The van der Waals surface area contributed by atoms with Gasteiger partial charge >= 0.3 is 0 Å². The lowest BCUT2D eigenvalue weighted by Crippen LogP contribution is -2.34. The first-order valence-electron chi connectivity index (χ1n) is 8.12. The number of benzene rings is 1. The molecule has 0 radical (unpaired) electrons. The van der Waals surface area contributed by atoms with Crippen molar-refractivity contribution in [1.82, 2.24) is 24.7 Å². The van der Waals surface area contributed by atoms with Crippen LogP contribution in [0.2, 0.25) is 0 Å². The van der Waals surface area contributed by atoms with E-state index in [1.54, 1.807) is 24.8 Å². The third-order valence-electron chi connectivity index (χ3n) is 4.33. The van der Waals surface area contributed by atoms with Crippen LogP contribution in [0.15, 0.2) is 55.4 Å². The molecule has 0 atom stereocenters. The molecule has 1 aliphatic heterocycles. The number of nitrogens with one attached hydrogen (secondary N) is 1. The standard InChI is InChI=1S/C17H19N7/c1-8-19-17(20-9-1)22-14-2-4-15(5-3-14)23-10-6-16(7-11-23)24-13-18-12-21-24/h1-5,8-9,12-13,16H,6-7,10-11H2,(H,19,20,22). The Labute approximate surface area is 140 Å². The van der Waals surface area contributed by atoms with Gasteiger partial charge in [0.05, 0.1) is 6.04 Å². The van der Waals surface area contributed by atoms with Crippen LogP contribution < -0.4 is 10.2 Å². The molecule has 4 rings (SSSR count). The van der Waals surface area contributed by atoms with Gasteiger partial charge in [-0.15, -0.1) is 0 Å². The third kappa shape index (κ3) is 3.19. The minimum Gasteiger partial charge on any atom is -0.371 e. The highest BCUT2D eigenvalue weighted by atomic mass is 15.3. The Hall–Kier alpha value is -2.96. The molecule has 3 heterocycles. The van der Waals surface area contributed by atoms with Gasteiger partial charge in [0.25, 0.3) is 0 Å². The molecule has 122 valence electrons. The van der Waals surface area contributed by atoms with Gasteiger partial charge in [-0.25, -0.2) is 19.6 Å². The molecule has 0 bridgehead atoms. The van der Waals surface area contributed by atoms with E-state index >= 15 is 0 Å². The summed E-state index contributed by atoms with van der Waals surface area (Å²) < 4.78 is 1.98. The smallest absolute Gasteiger partial charge is 0.227 e. The van der Waals surface area contributed by atoms with Gasteiger partial charge in [-0.05, 0) is 43.2 Å². The molecular weight excluding hydrogens is 302 g/mol. The van der Waals surface area contributed by atoms with Crippen molar-refractivity contribution in [2.45, 2.75) is 18.9 Å². The Kier molecular flexibility index (Phi) is 4.05. The molecule has 1 saturated heterocycles. The van der Waals surface area contributed by atoms with Crippen molar-refractivity contribution in [2.75, 3.05) is 23.3 Å². The van der Waals surface area contributed by atoms with E-state index in [1.165, 1.54) is 5.69 Å². The van der Waals surface area contributed by atoms with Crippen LogP contribution in [0.25, 0.3) is 0 Å². The molecule has 2 aromatic heterocycles. The molecule has 0 spiro atoms. The normalized spacial score (nSPS) is 15.4. The van der Waals surface area contributed by atoms with E-state index in [1.807, 2.05) is 11.0 Å². The number of anilines is 3. The number of hydrogen-bond donors (Lipinski definition) is 1. The van der Waals surface area contributed by atoms with Crippen molar-refractivity contribution in [3.05, 3.63) is 55.4 Å². The van der Waals surface area contributed by atoms with Gasteiger partial charge in [-0.1, -0.05) is 0 Å². The highest BCUT2D eigenvalue weighted by Gasteiger charge is 2.21. The second-order valence-electron chi connectivity index (χ2n) is 5.84. The summed E-state index contributed by atoms with van der Waals surface area (Å²) in [7, 11) is 0. The summed E-state index contributed by atoms with van der Waals surface area (Å²) in [5, 5.41) is 7.46. The first kappa shape index (κ1) is 14.6.